The molecule has 3 aromatic heterocycles. The summed E-state index contributed by atoms with van der Waals surface area (Å²) in [6.45, 7) is 16.7. The predicted molar refractivity (Wildman–Crippen MR) is 134 cm³/mol. The monoisotopic (exact) mass is 416 g/mol. The molecular weight excluding hydrogens is 390 g/mol. The van der Waals surface area contributed by atoms with E-state index in [4.69, 9.17) is 6.57 Å². The highest BCUT2D eigenvalue weighted by Crippen LogP contribution is 2.42. The first-order valence-corrected chi connectivity index (χ1v) is 11.3. The van der Waals surface area contributed by atoms with Crippen molar-refractivity contribution in [3.8, 4) is 0 Å². The molecule has 6 rings (SSSR count). The molecule has 3 aromatic carbocycles. The zero-order valence-corrected chi connectivity index (χ0v) is 19.2. The Kier molecular flexibility index (Phi) is 3.84. The summed E-state index contributed by atoms with van der Waals surface area (Å²) in [7, 11) is 2.13. The summed E-state index contributed by atoms with van der Waals surface area (Å²) in [5.41, 5.74) is 9.57. The fourth-order valence-corrected chi connectivity index (χ4v) is 5.60. The molecular formula is C29H26N3+. The van der Waals surface area contributed by atoms with Crippen molar-refractivity contribution in [2.75, 3.05) is 0 Å². The first-order valence-electron chi connectivity index (χ1n) is 11.3. The molecule has 0 amide bonds. The maximum absolute atomic E-state index is 7.69. The number of rotatable bonds is 2. The van der Waals surface area contributed by atoms with Crippen molar-refractivity contribution in [1.82, 2.24) is 4.40 Å². The topological polar surface area (TPSA) is 12.7 Å². The largest absolute Gasteiger partial charge is 0.309 e. The number of hydrogen-bond donors (Lipinski definition) is 0. The van der Waals surface area contributed by atoms with Gasteiger partial charge in [0.25, 0.3) is 0 Å². The third-order valence-electron chi connectivity index (χ3n) is 7.09. The molecule has 0 saturated heterocycles. The fourth-order valence-electron chi connectivity index (χ4n) is 5.60. The third kappa shape index (κ3) is 2.38. The molecule has 0 spiro atoms. The summed E-state index contributed by atoms with van der Waals surface area (Å²) in [4.78, 5) is 3.80. The molecule has 3 heteroatoms. The SMILES string of the molecule is [C-]#[N+]c1cc2cc[n+](C)c3c4c(C)c(C)cc5c6cc(CC(C)C)ccc6n(c(c1)c23)c54. The van der Waals surface area contributed by atoms with Crippen molar-refractivity contribution in [2.45, 2.75) is 34.1 Å². The third-order valence-corrected chi connectivity index (χ3v) is 7.09. The molecule has 32 heavy (non-hydrogen) atoms. The van der Waals surface area contributed by atoms with Crippen LogP contribution in [0.3, 0.4) is 0 Å². The lowest BCUT2D eigenvalue weighted by Gasteiger charge is -2.14. The van der Waals surface area contributed by atoms with Crippen LogP contribution in [0.25, 0.3) is 53.8 Å². The maximum Gasteiger partial charge on any atom is 0.224 e. The van der Waals surface area contributed by atoms with Gasteiger partial charge in [0, 0.05) is 16.8 Å². The van der Waals surface area contributed by atoms with Gasteiger partial charge in [-0.25, -0.2) is 9.41 Å². The lowest BCUT2D eigenvalue weighted by molar-refractivity contribution is -0.643. The molecule has 0 aliphatic heterocycles. The van der Waals surface area contributed by atoms with Gasteiger partial charge in [0.2, 0.25) is 5.52 Å². The van der Waals surface area contributed by atoms with E-state index in [0.717, 1.165) is 17.3 Å². The van der Waals surface area contributed by atoms with Gasteiger partial charge in [0.1, 0.15) is 7.05 Å². The second-order valence-electron chi connectivity index (χ2n) is 9.69. The van der Waals surface area contributed by atoms with Crippen molar-refractivity contribution in [1.29, 1.82) is 0 Å². The molecule has 0 aliphatic rings. The smallest absolute Gasteiger partial charge is 0.224 e. The number of aromatic nitrogens is 2. The molecule has 0 bridgehead atoms. The summed E-state index contributed by atoms with van der Waals surface area (Å²) in [6.07, 6.45) is 3.20. The molecule has 3 heterocycles. The summed E-state index contributed by atoms with van der Waals surface area (Å²) in [5.74, 6) is 0.620. The van der Waals surface area contributed by atoms with Gasteiger partial charge in [-0.2, -0.15) is 0 Å². The summed E-state index contributed by atoms with van der Waals surface area (Å²) in [6, 6.07) is 15.5. The van der Waals surface area contributed by atoms with Crippen molar-refractivity contribution >= 4 is 54.7 Å². The van der Waals surface area contributed by atoms with Crippen LogP contribution in [0.5, 0.6) is 0 Å². The molecule has 6 aromatic rings. The zero-order valence-electron chi connectivity index (χ0n) is 19.2. The van der Waals surface area contributed by atoms with Crippen LogP contribution >= 0.6 is 0 Å². The van der Waals surface area contributed by atoms with E-state index in [-0.39, 0.29) is 0 Å². The quantitative estimate of drug-likeness (QED) is 0.123. The van der Waals surface area contributed by atoms with Gasteiger partial charge in [0.15, 0.2) is 11.9 Å². The van der Waals surface area contributed by atoms with E-state index < -0.39 is 0 Å². The average Bonchev–Trinajstić information content (AvgIpc) is 3.08. The fraction of sp³-hybridized carbons (Fsp3) is 0.241. The van der Waals surface area contributed by atoms with E-state index in [1.807, 2.05) is 6.07 Å². The van der Waals surface area contributed by atoms with Gasteiger partial charge < -0.3 is 4.40 Å². The average molecular weight is 417 g/mol. The van der Waals surface area contributed by atoms with Gasteiger partial charge in [-0.15, -0.1) is 0 Å². The zero-order chi connectivity index (χ0) is 22.3. The van der Waals surface area contributed by atoms with Crippen LogP contribution in [0.2, 0.25) is 0 Å². The number of aryl methyl sites for hydroxylation is 3. The molecule has 156 valence electrons. The minimum absolute atomic E-state index is 0.620. The van der Waals surface area contributed by atoms with E-state index in [9.17, 15) is 0 Å². The van der Waals surface area contributed by atoms with Gasteiger partial charge >= 0.3 is 0 Å². The van der Waals surface area contributed by atoms with Crippen LogP contribution in [-0.4, -0.2) is 4.40 Å². The minimum atomic E-state index is 0.620. The van der Waals surface area contributed by atoms with Crippen molar-refractivity contribution in [2.24, 2.45) is 13.0 Å². The first-order chi connectivity index (χ1) is 15.4. The molecule has 0 saturated carbocycles. The summed E-state index contributed by atoms with van der Waals surface area (Å²) in [5, 5.41) is 6.28. The number of pyridine rings is 2. The Morgan fingerprint density at radius 2 is 1.78 bits per heavy atom. The summed E-state index contributed by atoms with van der Waals surface area (Å²) < 4.78 is 4.66. The molecule has 0 atom stereocenters. The Bertz CT molecular complexity index is 1760. The number of nitrogens with zero attached hydrogens (tertiary/aromatic N) is 3. The van der Waals surface area contributed by atoms with Crippen LogP contribution in [0.1, 0.15) is 30.5 Å². The van der Waals surface area contributed by atoms with E-state index in [1.54, 1.807) is 0 Å². The molecule has 3 nitrogen and oxygen atoms in total. The van der Waals surface area contributed by atoms with Crippen LogP contribution in [0.4, 0.5) is 5.69 Å². The van der Waals surface area contributed by atoms with Crippen LogP contribution in [0, 0.1) is 26.3 Å². The van der Waals surface area contributed by atoms with Gasteiger partial charge in [-0.05, 0) is 78.6 Å². The van der Waals surface area contributed by atoms with E-state index >= 15 is 0 Å². The standard InChI is InChI=1S/C29H26N3/c1-16(2)11-19-7-8-24-22(13-19)23-12-17(3)18(4)26-28(23)32(24)25-15-21(30-5)14-20-9-10-31(6)29(26)27(20)25/h7-10,12-16H,11H2,1-4,6H3/q+1. The molecule has 0 aliphatic carbocycles. The number of benzene rings is 3. The predicted octanol–water partition coefficient (Wildman–Crippen LogP) is 7.18. The Morgan fingerprint density at radius 1 is 0.969 bits per heavy atom. The van der Waals surface area contributed by atoms with Crippen molar-refractivity contribution < 1.29 is 4.57 Å². The lowest BCUT2D eigenvalue weighted by atomic mass is 9.96. The Hall–Kier alpha value is -3.64. The highest BCUT2D eigenvalue weighted by Gasteiger charge is 2.25. The minimum Gasteiger partial charge on any atom is -0.309 e. The van der Waals surface area contributed by atoms with Crippen molar-refractivity contribution in [3.63, 3.8) is 0 Å². The number of fused-ring (bicyclic) bond motifs is 5. The van der Waals surface area contributed by atoms with Crippen molar-refractivity contribution in [3.05, 3.63) is 76.8 Å². The first kappa shape index (κ1) is 19.1. The van der Waals surface area contributed by atoms with E-state index in [0.29, 0.717) is 11.6 Å². The Labute approximate surface area is 187 Å². The number of hydrogen-bond acceptors (Lipinski definition) is 0. The van der Waals surface area contributed by atoms with Crippen LogP contribution in [-0.2, 0) is 13.5 Å². The van der Waals surface area contributed by atoms with Gasteiger partial charge in [-0.3, -0.25) is 0 Å². The van der Waals surface area contributed by atoms with E-state index in [1.165, 1.54) is 54.8 Å². The van der Waals surface area contributed by atoms with Gasteiger partial charge in [-0.1, -0.05) is 19.9 Å². The van der Waals surface area contributed by atoms with E-state index in [2.05, 4.69) is 91.2 Å². The van der Waals surface area contributed by atoms with Crippen LogP contribution < -0.4 is 4.57 Å². The van der Waals surface area contributed by atoms with Crippen LogP contribution in [0.15, 0.2) is 48.7 Å². The molecule has 0 radical (unpaired) electrons. The Morgan fingerprint density at radius 3 is 2.53 bits per heavy atom. The molecule has 0 N–H and O–H groups in total. The lowest BCUT2D eigenvalue weighted by Crippen LogP contribution is -2.29. The highest BCUT2D eigenvalue weighted by molar-refractivity contribution is 6.26. The highest BCUT2D eigenvalue weighted by atomic mass is 15.0. The molecule has 0 unspecified atom stereocenters. The Balaban J connectivity index is 1.99. The molecule has 0 fully saturated rings. The summed E-state index contributed by atoms with van der Waals surface area (Å²) >= 11 is 0. The normalized spacial score (nSPS) is 12.3. The second-order valence-corrected chi connectivity index (χ2v) is 9.69. The van der Waals surface area contributed by atoms with Gasteiger partial charge in [0.05, 0.1) is 33.9 Å². The maximum atomic E-state index is 7.69. The second kappa shape index (κ2) is 6.43.